The Labute approximate surface area is 351 Å². The first-order valence-corrected chi connectivity index (χ1v) is 21.1. The summed E-state index contributed by atoms with van der Waals surface area (Å²) >= 11 is 0. The number of epoxide rings is 1. The first-order valence-electron chi connectivity index (χ1n) is 21.1. The normalized spacial score (nSPS) is 34.6. The molecular formula is C45H73NO13. The first kappa shape index (κ1) is 50.6. The minimum atomic E-state index is -0.969. The molecule has 1 fully saturated rings. The molecule has 3 N–H and O–H groups in total. The van der Waals surface area contributed by atoms with Gasteiger partial charge in [-0.25, -0.2) is 4.79 Å². The van der Waals surface area contributed by atoms with Crippen LogP contribution in [0.5, 0.6) is 0 Å². The second-order valence-corrected chi connectivity index (χ2v) is 16.9. The second-order valence-electron chi connectivity index (χ2n) is 16.9. The maximum absolute atomic E-state index is 13.4. The smallest absolute Gasteiger partial charge is 0.331 e. The highest BCUT2D eigenvalue weighted by atomic mass is 16.6. The lowest BCUT2D eigenvalue weighted by atomic mass is 9.82. The van der Waals surface area contributed by atoms with E-state index in [1.807, 2.05) is 13.8 Å². The van der Waals surface area contributed by atoms with Gasteiger partial charge >= 0.3 is 5.97 Å². The van der Waals surface area contributed by atoms with Crippen LogP contribution in [0.2, 0.25) is 0 Å². The Morgan fingerprint density at radius 2 is 1.68 bits per heavy atom. The van der Waals surface area contributed by atoms with Gasteiger partial charge in [-0.1, -0.05) is 58.1 Å². The minimum absolute atomic E-state index is 0.0158. The minimum Gasteiger partial charge on any atom is -0.459 e. The molecule has 3 heterocycles. The lowest BCUT2D eigenvalue weighted by Crippen LogP contribution is -2.47. The van der Waals surface area contributed by atoms with Gasteiger partial charge in [-0.3, -0.25) is 9.59 Å². The number of ether oxygens (including phenoxy) is 7. The van der Waals surface area contributed by atoms with Crippen molar-refractivity contribution in [2.75, 3.05) is 48.7 Å². The Bertz CT molecular complexity index is 1430. The molecule has 59 heavy (non-hydrogen) atoms. The average molecular weight is 836 g/mol. The Hall–Kier alpha value is -2.79. The summed E-state index contributed by atoms with van der Waals surface area (Å²) in [5.74, 6) is -2.75. The molecule has 0 radical (unpaired) electrons. The van der Waals surface area contributed by atoms with E-state index in [9.17, 15) is 29.7 Å². The third-order valence-corrected chi connectivity index (χ3v) is 12.7. The van der Waals surface area contributed by atoms with Crippen LogP contribution in [0.4, 0.5) is 0 Å². The topological polar surface area (TPSA) is 183 Å². The van der Waals surface area contributed by atoms with Crippen LogP contribution < -0.4 is 0 Å². The summed E-state index contributed by atoms with van der Waals surface area (Å²) in [6.45, 7) is 9.76. The van der Waals surface area contributed by atoms with E-state index in [1.165, 1.54) is 17.1 Å². The lowest BCUT2D eigenvalue weighted by molar-refractivity contribution is -0.152. The number of carbonyl (C=O) groups excluding carboxylic acids is 3. The van der Waals surface area contributed by atoms with Crippen LogP contribution in [0.25, 0.3) is 0 Å². The largest absolute Gasteiger partial charge is 0.459 e. The zero-order valence-electron chi connectivity index (χ0n) is 36.9. The molecule has 0 saturated carbocycles. The number of aliphatic hydroxyl groups is 3. The molecular weight excluding hydrogens is 762 g/mol. The summed E-state index contributed by atoms with van der Waals surface area (Å²) in [7, 11) is 8.02. The first-order chi connectivity index (χ1) is 28.0. The number of fused-ring (bicyclic) bond motifs is 3. The molecule has 2 bridgehead atoms. The molecule has 336 valence electrons. The van der Waals surface area contributed by atoms with Gasteiger partial charge in [0.05, 0.1) is 55.9 Å². The van der Waals surface area contributed by atoms with E-state index in [1.54, 1.807) is 74.6 Å². The quantitative estimate of drug-likeness (QED) is 0.0865. The summed E-state index contributed by atoms with van der Waals surface area (Å²) in [4.78, 5) is 38.9. The van der Waals surface area contributed by atoms with E-state index in [-0.39, 0.29) is 48.6 Å². The number of hydrogen-bond donors (Lipinski definition) is 3. The number of aliphatic hydroxyl groups excluding tert-OH is 3. The van der Waals surface area contributed by atoms with Crippen molar-refractivity contribution in [2.24, 2.45) is 29.6 Å². The number of carbonyl (C=O) groups is 3. The van der Waals surface area contributed by atoms with Gasteiger partial charge in [-0.05, 0) is 37.7 Å². The van der Waals surface area contributed by atoms with Gasteiger partial charge in [0.2, 0.25) is 6.41 Å². The number of cyclic esters (lactones) is 1. The standard InChI is InChI=1S/C45H73NO13/c1-28-13-11-16-41(49)59-37(32(5)43(51)29(2)17-18-36(48)31(4)42(50)30(3)19-20-46(6)27-47)22-35(53-7)24-40(56-10)45(26-58-45)39(55-9)23-34-15-12-14-33(25-57-34)21-38(54-8)44(28)52/h11-14,16,19-20,27,29-35,37-40,42-44,50-52H,15,17-18,21-26H2,1-10H3/b16-11+,20-19+,28-13+/t29-,30+,31-,32-,33-,34-,35-,37?,38+,39-,40-,42+,43-,44-,45+/m0/s1. The van der Waals surface area contributed by atoms with Crippen molar-refractivity contribution in [3.8, 4) is 0 Å². The summed E-state index contributed by atoms with van der Waals surface area (Å²) in [6.07, 6.45) is 9.84. The fraction of sp³-hybridized carbons (Fsp3) is 0.756. The highest BCUT2D eigenvalue weighted by molar-refractivity contribution is 5.82. The Kier molecular flexibility index (Phi) is 21.1. The molecule has 1 saturated heterocycles. The number of ketones is 1. The SMILES string of the molecule is CO[C@H]1CC([C@H](C)[C@@H](O)[C@@H](C)CCC(=O)[C@H](C)[C@H](O)[C@H](C)/C=C/N(C)C=O)OC(=O)/C=C/C=C(\C)[C@H](O)[C@H](OC)C[C@@H]2C=CC[C@@H](C[C@H](OC)[C@]3(CO3)[C@@H](OC)C1)OC2. The van der Waals surface area contributed by atoms with Crippen LogP contribution in [0, 0.1) is 29.6 Å². The highest BCUT2D eigenvalue weighted by Gasteiger charge is 2.59. The van der Waals surface area contributed by atoms with Crippen LogP contribution in [0.3, 0.4) is 0 Å². The number of rotatable bonds is 16. The summed E-state index contributed by atoms with van der Waals surface area (Å²) in [5.41, 5.74) is -0.147. The molecule has 0 aromatic heterocycles. The Balaban J connectivity index is 1.86. The predicted molar refractivity (Wildman–Crippen MR) is 222 cm³/mol. The molecule has 1 unspecified atom stereocenters. The second kappa shape index (κ2) is 24.6. The highest BCUT2D eigenvalue weighted by Crippen LogP contribution is 2.43. The maximum atomic E-state index is 13.4. The van der Waals surface area contributed by atoms with Crippen molar-refractivity contribution in [3.05, 3.63) is 48.2 Å². The van der Waals surface area contributed by atoms with Crippen LogP contribution in [0.15, 0.2) is 48.2 Å². The molecule has 15 atom stereocenters. The van der Waals surface area contributed by atoms with Gasteiger partial charge in [-0.15, -0.1) is 0 Å². The monoisotopic (exact) mass is 836 g/mol. The van der Waals surface area contributed by atoms with Crippen LogP contribution in [-0.4, -0.2) is 148 Å². The summed E-state index contributed by atoms with van der Waals surface area (Å²) in [6, 6.07) is 0. The molecule has 3 aliphatic rings. The van der Waals surface area contributed by atoms with E-state index < -0.39 is 66.1 Å². The average Bonchev–Trinajstić information content (AvgIpc) is 4.07. The molecule has 14 heteroatoms. The van der Waals surface area contributed by atoms with Crippen molar-refractivity contribution in [2.45, 2.75) is 140 Å². The van der Waals surface area contributed by atoms with Crippen molar-refractivity contribution in [3.63, 3.8) is 0 Å². The van der Waals surface area contributed by atoms with E-state index in [0.29, 0.717) is 57.3 Å². The lowest BCUT2D eigenvalue weighted by Gasteiger charge is -2.35. The predicted octanol–water partition coefficient (Wildman–Crippen LogP) is 4.34. The van der Waals surface area contributed by atoms with E-state index in [0.717, 1.165) is 0 Å². The zero-order chi connectivity index (χ0) is 43.9. The van der Waals surface area contributed by atoms with Crippen molar-refractivity contribution in [1.29, 1.82) is 0 Å². The van der Waals surface area contributed by atoms with Crippen LogP contribution in [-0.2, 0) is 47.5 Å². The van der Waals surface area contributed by atoms with E-state index in [2.05, 4.69) is 12.2 Å². The molecule has 14 nitrogen and oxygen atoms in total. The van der Waals surface area contributed by atoms with Crippen molar-refractivity contribution in [1.82, 2.24) is 4.90 Å². The third-order valence-electron chi connectivity index (χ3n) is 12.7. The van der Waals surface area contributed by atoms with Gasteiger partial charge in [0.15, 0.2) is 0 Å². The van der Waals surface area contributed by atoms with Gasteiger partial charge in [0, 0.05) is 97.1 Å². The van der Waals surface area contributed by atoms with Crippen molar-refractivity contribution >= 4 is 18.2 Å². The molecule has 3 rings (SSSR count). The molecule has 0 aliphatic carbocycles. The number of allylic oxidation sites excluding steroid dienone is 2. The number of hydrogen-bond acceptors (Lipinski definition) is 13. The molecule has 0 aromatic rings. The third kappa shape index (κ3) is 14.7. The number of nitrogens with zero attached hydrogens (tertiary/aromatic N) is 1. The molecule has 0 aromatic carbocycles. The Morgan fingerprint density at radius 3 is 2.29 bits per heavy atom. The molecule has 1 amide bonds. The fourth-order valence-corrected chi connectivity index (χ4v) is 8.25. The van der Waals surface area contributed by atoms with E-state index in [4.69, 9.17) is 33.2 Å². The van der Waals surface area contributed by atoms with Gasteiger partial charge in [0.25, 0.3) is 0 Å². The summed E-state index contributed by atoms with van der Waals surface area (Å²) in [5, 5.41) is 33.8. The zero-order valence-corrected chi connectivity index (χ0v) is 36.9. The van der Waals surface area contributed by atoms with Crippen molar-refractivity contribution < 1.29 is 62.9 Å². The Morgan fingerprint density at radius 1 is 1.00 bits per heavy atom. The molecule has 1 spiro atoms. The van der Waals surface area contributed by atoms with Crippen LogP contribution in [0.1, 0.15) is 79.6 Å². The fourth-order valence-electron chi connectivity index (χ4n) is 8.25. The summed E-state index contributed by atoms with van der Waals surface area (Å²) < 4.78 is 42.5. The number of methoxy groups -OCH3 is 4. The number of esters is 1. The van der Waals surface area contributed by atoms with E-state index >= 15 is 0 Å². The van der Waals surface area contributed by atoms with Gasteiger partial charge in [-0.2, -0.15) is 0 Å². The maximum Gasteiger partial charge on any atom is 0.331 e. The van der Waals surface area contributed by atoms with Gasteiger partial charge in [0.1, 0.15) is 23.6 Å². The number of Topliss-reactive ketones (excluding diaryl/α,β-unsaturated/α-hetero) is 1. The number of amides is 1. The van der Waals surface area contributed by atoms with Gasteiger partial charge < -0.3 is 53.4 Å². The van der Waals surface area contributed by atoms with Crippen LogP contribution >= 0.6 is 0 Å². The molecule has 3 aliphatic heterocycles.